The molecule has 1 aliphatic rings. The summed E-state index contributed by atoms with van der Waals surface area (Å²) in [5.41, 5.74) is 2.78. The Morgan fingerprint density at radius 3 is 3.04 bits per heavy atom. The van der Waals surface area contributed by atoms with Gasteiger partial charge in [0.2, 0.25) is 0 Å². The molecule has 2 N–H and O–H groups in total. The highest BCUT2D eigenvalue weighted by Gasteiger charge is 2.23. The molecule has 23 heavy (non-hydrogen) atoms. The predicted octanol–water partition coefficient (Wildman–Crippen LogP) is 1.11. The lowest BCUT2D eigenvalue weighted by atomic mass is 9.91. The number of methoxy groups -OCH3 is 1. The molecule has 0 aliphatic heterocycles. The molecular formula is C17H21N3O3. The number of hydrogen-bond donors (Lipinski definition) is 2. The van der Waals surface area contributed by atoms with Crippen molar-refractivity contribution in [2.24, 2.45) is 0 Å². The maximum atomic E-state index is 12.1. The first-order valence-electron chi connectivity index (χ1n) is 7.84. The fraction of sp³-hybridized carbons (Fsp3) is 0.412. The molecule has 1 aliphatic carbocycles. The molecule has 2 aromatic rings. The van der Waals surface area contributed by atoms with Gasteiger partial charge in [-0.2, -0.15) is 0 Å². The SMILES string of the molecule is COCCn1c2c(ccc1=O)C[C@@H](NC(=O)c1ccc[nH]1)CC2. The van der Waals surface area contributed by atoms with Gasteiger partial charge >= 0.3 is 0 Å². The minimum atomic E-state index is -0.0869. The van der Waals surface area contributed by atoms with Crippen molar-refractivity contribution in [1.29, 1.82) is 0 Å². The Morgan fingerprint density at radius 1 is 1.43 bits per heavy atom. The lowest BCUT2D eigenvalue weighted by molar-refractivity contribution is 0.0929. The third kappa shape index (κ3) is 3.37. The molecule has 3 rings (SSSR count). The summed E-state index contributed by atoms with van der Waals surface area (Å²) >= 11 is 0. The molecule has 0 radical (unpaired) electrons. The van der Waals surface area contributed by atoms with E-state index in [9.17, 15) is 9.59 Å². The van der Waals surface area contributed by atoms with E-state index in [1.807, 2.05) is 6.07 Å². The number of ether oxygens (including phenoxy) is 1. The van der Waals surface area contributed by atoms with Crippen molar-refractivity contribution in [3.8, 4) is 0 Å². The van der Waals surface area contributed by atoms with E-state index < -0.39 is 0 Å². The van der Waals surface area contributed by atoms with Crippen LogP contribution in [0.15, 0.2) is 35.3 Å². The second-order valence-corrected chi connectivity index (χ2v) is 5.78. The normalized spacial score (nSPS) is 16.8. The number of aromatic nitrogens is 2. The topological polar surface area (TPSA) is 76.1 Å². The second kappa shape index (κ2) is 6.83. The molecule has 1 atom stereocenters. The molecule has 0 saturated carbocycles. The summed E-state index contributed by atoms with van der Waals surface area (Å²) in [6.07, 6.45) is 4.09. The number of rotatable bonds is 5. The molecule has 0 unspecified atom stereocenters. The zero-order valence-corrected chi connectivity index (χ0v) is 13.2. The van der Waals surface area contributed by atoms with Crippen molar-refractivity contribution < 1.29 is 9.53 Å². The molecule has 2 aromatic heterocycles. The molecule has 6 heteroatoms. The van der Waals surface area contributed by atoms with Crippen LogP contribution in [0.4, 0.5) is 0 Å². The van der Waals surface area contributed by atoms with E-state index in [2.05, 4.69) is 10.3 Å². The van der Waals surface area contributed by atoms with E-state index >= 15 is 0 Å². The summed E-state index contributed by atoms with van der Waals surface area (Å²) in [5.74, 6) is -0.0869. The first-order valence-corrected chi connectivity index (χ1v) is 7.84. The van der Waals surface area contributed by atoms with Gasteiger partial charge in [-0.3, -0.25) is 9.59 Å². The highest BCUT2D eigenvalue weighted by atomic mass is 16.5. The monoisotopic (exact) mass is 315 g/mol. The molecule has 122 valence electrons. The van der Waals surface area contributed by atoms with Crippen LogP contribution in [0.25, 0.3) is 0 Å². The molecule has 6 nitrogen and oxygen atoms in total. The van der Waals surface area contributed by atoms with E-state index in [4.69, 9.17) is 4.74 Å². The van der Waals surface area contributed by atoms with Crippen LogP contribution < -0.4 is 10.9 Å². The van der Waals surface area contributed by atoms with Gasteiger partial charge < -0.3 is 19.6 Å². The summed E-state index contributed by atoms with van der Waals surface area (Å²) in [6.45, 7) is 1.08. The molecule has 0 bridgehead atoms. The number of fused-ring (bicyclic) bond motifs is 1. The maximum absolute atomic E-state index is 12.1. The highest BCUT2D eigenvalue weighted by Crippen LogP contribution is 2.20. The smallest absolute Gasteiger partial charge is 0.267 e. The summed E-state index contributed by atoms with van der Waals surface area (Å²) in [5, 5.41) is 3.06. The fourth-order valence-electron chi connectivity index (χ4n) is 3.11. The van der Waals surface area contributed by atoms with Crippen LogP contribution in [0.3, 0.4) is 0 Å². The van der Waals surface area contributed by atoms with Gasteiger partial charge in [0.25, 0.3) is 11.5 Å². The predicted molar refractivity (Wildman–Crippen MR) is 86.6 cm³/mol. The lowest BCUT2D eigenvalue weighted by Gasteiger charge is -2.27. The standard InChI is InChI=1S/C17H21N3O3/c1-23-10-9-20-15-6-5-13(11-12(15)4-7-16(20)21)19-17(22)14-3-2-8-18-14/h2-4,7-8,13,18H,5-6,9-11H2,1H3,(H,19,22)/t13-/m0/s1. The third-order valence-corrected chi connectivity index (χ3v) is 4.28. The Hall–Kier alpha value is -2.34. The third-order valence-electron chi connectivity index (χ3n) is 4.28. The van der Waals surface area contributed by atoms with E-state index in [0.29, 0.717) is 18.8 Å². The van der Waals surface area contributed by atoms with Crippen molar-refractivity contribution in [3.05, 3.63) is 57.8 Å². The Kier molecular flexibility index (Phi) is 4.62. The largest absolute Gasteiger partial charge is 0.383 e. The Morgan fingerprint density at radius 2 is 2.30 bits per heavy atom. The number of carbonyl (C=O) groups is 1. The Balaban J connectivity index is 1.74. The van der Waals surface area contributed by atoms with E-state index in [1.165, 1.54) is 0 Å². The van der Waals surface area contributed by atoms with Gasteiger partial charge in [0, 0.05) is 37.7 Å². The quantitative estimate of drug-likeness (QED) is 0.868. The first kappa shape index (κ1) is 15.6. The molecule has 0 spiro atoms. The zero-order valence-electron chi connectivity index (χ0n) is 13.2. The summed E-state index contributed by atoms with van der Waals surface area (Å²) in [6, 6.07) is 7.14. The van der Waals surface area contributed by atoms with Crippen LogP contribution in [-0.4, -0.2) is 35.2 Å². The van der Waals surface area contributed by atoms with E-state index in [1.54, 1.807) is 36.1 Å². The summed E-state index contributed by atoms with van der Waals surface area (Å²) in [7, 11) is 1.63. The number of carbonyl (C=O) groups excluding carboxylic acids is 1. The molecule has 1 amide bonds. The number of hydrogen-bond acceptors (Lipinski definition) is 3. The van der Waals surface area contributed by atoms with Crippen molar-refractivity contribution in [2.75, 3.05) is 13.7 Å². The average Bonchev–Trinajstić information content (AvgIpc) is 3.09. The molecule has 0 aromatic carbocycles. The Labute approximate surface area is 134 Å². The summed E-state index contributed by atoms with van der Waals surface area (Å²) < 4.78 is 6.88. The van der Waals surface area contributed by atoms with Crippen molar-refractivity contribution >= 4 is 5.91 Å². The van der Waals surface area contributed by atoms with Crippen LogP contribution in [0.2, 0.25) is 0 Å². The maximum Gasteiger partial charge on any atom is 0.267 e. The number of H-pyrrole nitrogens is 1. The number of nitrogens with one attached hydrogen (secondary N) is 2. The van der Waals surface area contributed by atoms with Crippen LogP contribution in [0.5, 0.6) is 0 Å². The van der Waals surface area contributed by atoms with Gasteiger partial charge in [-0.05, 0) is 37.0 Å². The molecule has 2 heterocycles. The second-order valence-electron chi connectivity index (χ2n) is 5.78. The molecule has 0 saturated heterocycles. The number of pyridine rings is 1. The van der Waals surface area contributed by atoms with Gasteiger partial charge in [0.05, 0.1) is 6.61 Å². The van der Waals surface area contributed by atoms with Crippen molar-refractivity contribution in [2.45, 2.75) is 31.8 Å². The van der Waals surface area contributed by atoms with Crippen LogP contribution in [-0.2, 0) is 24.1 Å². The Bertz CT molecular complexity index is 734. The number of aromatic amines is 1. The van der Waals surface area contributed by atoms with Crippen LogP contribution >= 0.6 is 0 Å². The average molecular weight is 315 g/mol. The number of amides is 1. The van der Waals surface area contributed by atoms with E-state index in [-0.39, 0.29) is 17.5 Å². The fourth-order valence-corrected chi connectivity index (χ4v) is 3.11. The van der Waals surface area contributed by atoms with Gasteiger partial charge in [-0.15, -0.1) is 0 Å². The van der Waals surface area contributed by atoms with Crippen LogP contribution in [0.1, 0.15) is 28.2 Å². The molecular weight excluding hydrogens is 294 g/mol. The lowest BCUT2D eigenvalue weighted by Crippen LogP contribution is -2.40. The number of nitrogens with zero attached hydrogens (tertiary/aromatic N) is 1. The minimum absolute atomic E-state index is 0.00895. The molecule has 0 fully saturated rings. The van der Waals surface area contributed by atoms with Gasteiger partial charge in [0.15, 0.2) is 0 Å². The highest BCUT2D eigenvalue weighted by molar-refractivity contribution is 5.92. The van der Waals surface area contributed by atoms with Crippen molar-refractivity contribution in [1.82, 2.24) is 14.9 Å². The van der Waals surface area contributed by atoms with Gasteiger partial charge in [-0.1, -0.05) is 6.07 Å². The summed E-state index contributed by atoms with van der Waals surface area (Å²) in [4.78, 5) is 27.1. The minimum Gasteiger partial charge on any atom is -0.383 e. The van der Waals surface area contributed by atoms with Gasteiger partial charge in [0.1, 0.15) is 5.69 Å². The van der Waals surface area contributed by atoms with Crippen LogP contribution in [0, 0.1) is 0 Å². The van der Waals surface area contributed by atoms with E-state index in [0.717, 1.165) is 30.5 Å². The van der Waals surface area contributed by atoms with Gasteiger partial charge in [-0.25, -0.2) is 0 Å². The van der Waals surface area contributed by atoms with Crippen molar-refractivity contribution in [3.63, 3.8) is 0 Å². The zero-order chi connectivity index (χ0) is 16.2. The first-order chi connectivity index (χ1) is 11.2.